The summed E-state index contributed by atoms with van der Waals surface area (Å²) in [5.41, 5.74) is 7.44. The molecule has 1 fully saturated rings. The molecule has 0 spiro atoms. The SMILES string of the molecule is Cc1ccc(-n2nc(C(C)(C)C)cc2NC(=O)Nc2ccccc2CC2CCN(C(=O)C3CCc4ccccc4C3)CC2)cc1. The van der Waals surface area contributed by atoms with Crippen molar-refractivity contribution in [2.75, 3.05) is 23.7 Å². The minimum absolute atomic E-state index is 0.0988. The van der Waals surface area contributed by atoms with Crippen molar-refractivity contribution in [3.63, 3.8) is 0 Å². The number of aromatic nitrogens is 2. The number of rotatable bonds is 6. The van der Waals surface area contributed by atoms with Crippen molar-refractivity contribution >= 4 is 23.4 Å². The summed E-state index contributed by atoms with van der Waals surface area (Å²) in [7, 11) is 0. The third kappa shape index (κ3) is 7.14. The van der Waals surface area contributed by atoms with Crippen molar-refractivity contribution in [3.8, 4) is 5.69 Å². The Hall–Kier alpha value is -4.39. The number of benzene rings is 3. The van der Waals surface area contributed by atoms with Crippen LogP contribution in [-0.2, 0) is 29.5 Å². The van der Waals surface area contributed by atoms with Gasteiger partial charge in [0.2, 0.25) is 5.91 Å². The maximum absolute atomic E-state index is 13.4. The first kappa shape index (κ1) is 30.6. The molecular formula is C38H45N5O2. The van der Waals surface area contributed by atoms with E-state index in [1.807, 2.05) is 48.5 Å². The molecule has 7 heteroatoms. The molecule has 3 amide bonds. The van der Waals surface area contributed by atoms with Crippen LogP contribution in [0.1, 0.15) is 68.0 Å². The molecule has 0 bridgehead atoms. The minimum atomic E-state index is -0.300. The average molecular weight is 604 g/mol. The second-order valence-corrected chi connectivity index (χ2v) is 13.8. The number of para-hydroxylation sites is 1. The van der Waals surface area contributed by atoms with Crippen LogP contribution < -0.4 is 10.6 Å². The zero-order valence-electron chi connectivity index (χ0n) is 27.0. The number of hydrogen-bond acceptors (Lipinski definition) is 3. The van der Waals surface area contributed by atoms with Gasteiger partial charge in [0.15, 0.2) is 0 Å². The molecule has 2 heterocycles. The van der Waals surface area contributed by atoms with Gasteiger partial charge in [0.1, 0.15) is 5.82 Å². The summed E-state index contributed by atoms with van der Waals surface area (Å²) in [5, 5.41) is 11.0. The largest absolute Gasteiger partial charge is 0.342 e. The van der Waals surface area contributed by atoms with Crippen LogP contribution in [0.4, 0.5) is 16.3 Å². The molecule has 3 aromatic carbocycles. The number of nitrogens with one attached hydrogen (secondary N) is 2. The maximum Gasteiger partial charge on any atom is 0.324 e. The standard InChI is InChI=1S/C38H45N5O2/c1-26-13-17-32(18-14-26)43-35(25-34(41-43)38(2,3)4)40-37(45)39-33-12-8-7-11-30(33)23-27-19-21-42(22-20-27)36(44)31-16-15-28-9-5-6-10-29(28)24-31/h5-14,17-18,25,27,31H,15-16,19-24H2,1-4H3,(H2,39,40,45). The van der Waals surface area contributed by atoms with Crippen LogP contribution in [0.5, 0.6) is 0 Å². The lowest BCUT2D eigenvalue weighted by molar-refractivity contribution is -0.137. The van der Waals surface area contributed by atoms with E-state index in [0.29, 0.717) is 17.6 Å². The van der Waals surface area contributed by atoms with Crippen molar-refractivity contribution in [2.45, 2.75) is 71.6 Å². The molecule has 1 aliphatic heterocycles. The first-order chi connectivity index (χ1) is 21.6. The van der Waals surface area contributed by atoms with E-state index in [-0.39, 0.29) is 17.4 Å². The highest BCUT2D eigenvalue weighted by Gasteiger charge is 2.31. The van der Waals surface area contributed by atoms with E-state index < -0.39 is 0 Å². The van der Waals surface area contributed by atoms with Crippen LogP contribution in [0.25, 0.3) is 5.69 Å². The number of nitrogens with zero attached hydrogens (tertiary/aromatic N) is 3. The van der Waals surface area contributed by atoms with Crippen molar-refractivity contribution < 1.29 is 9.59 Å². The van der Waals surface area contributed by atoms with Crippen molar-refractivity contribution in [2.24, 2.45) is 11.8 Å². The molecule has 2 aliphatic rings. The van der Waals surface area contributed by atoms with Gasteiger partial charge >= 0.3 is 6.03 Å². The zero-order valence-corrected chi connectivity index (χ0v) is 27.0. The molecule has 1 aliphatic carbocycles. The molecule has 1 saturated heterocycles. The molecule has 0 radical (unpaired) electrons. The smallest absolute Gasteiger partial charge is 0.324 e. The molecule has 45 heavy (non-hydrogen) atoms. The van der Waals surface area contributed by atoms with Crippen LogP contribution in [-0.4, -0.2) is 39.7 Å². The Bertz CT molecular complexity index is 1660. The number of piperidine rings is 1. The maximum atomic E-state index is 13.4. The number of carbonyl (C=O) groups excluding carboxylic acids is 2. The van der Waals surface area contributed by atoms with E-state index in [9.17, 15) is 9.59 Å². The van der Waals surface area contributed by atoms with Gasteiger partial charge in [0.05, 0.1) is 11.4 Å². The summed E-state index contributed by atoms with van der Waals surface area (Å²) in [6, 6.07) is 26.4. The molecule has 234 valence electrons. The topological polar surface area (TPSA) is 79.3 Å². The van der Waals surface area contributed by atoms with Gasteiger partial charge in [0.25, 0.3) is 0 Å². The molecule has 4 aromatic rings. The molecule has 1 atom stereocenters. The van der Waals surface area contributed by atoms with E-state index >= 15 is 0 Å². The van der Waals surface area contributed by atoms with Gasteiger partial charge in [-0.2, -0.15) is 5.10 Å². The van der Waals surface area contributed by atoms with E-state index in [0.717, 1.165) is 74.2 Å². The fourth-order valence-electron chi connectivity index (χ4n) is 6.64. The number of aryl methyl sites for hydroxylation is 2. The summed E-state index contributed by atoms with van der Waals surface area (Å²) >= 11 is 0. The lowest BCUT2D eigenvalue weighted by Crippen LogP contribution is -2.43. The minimum Gasteiger partial charge on any atom is -0.342 e. The molecule has 1 unspecified atom stereocenters. The number of hydrogen-bond donors (Lipinski definition) is 2. The summed E-state index contributed by atoms with van der Waals surface area (Å²) in [5.74, 6) is 1.50. The summed E-state index contributed by atoms with van der Waals surface area (Å²) in [6.45, 7) is 10.0. The second kappa shape index (κ2) is 12.9. The van der Waals surface area contributed by atoms with Crippen molar-refractivity contribution in [1.82, 2.24) is 14.7 Å². The lowest BCUT2D eigenvalue weighted by Gasteiger charge is -2.35. The average Bonchev–Trinajstić information content (AvgIpc) is 3.46. The first-order valence-electron chi connectivity index (χ1n) is 16.3. The van der Waals surface area contributed by atoms with Gasteiger partial charge < -0.3 is 10.2 Å². The number of carbonyl (C=O) groups is 2. The fraction of sp³-hybridized carbons (Fsp3) is 0.395. The van der Waals surface area contributed by atoms with Gasteiger partial charge in [0, 0.05) is 36.2 Å². The predicted molar refractivity (Wildman–Crippen MR) is 181 cm³/mol. The first-order valence-corrected chi connectivity index (χ1v) is 16.3. The Morgan fingerprint density at radius 2 is 1.56 bits per heavy atom. The molecular weight excluding hydrogens is 558 g/mol. The summed E-state index contributed by atoms with van der Waals surface area (Å²) in [6.07, 6.45) is 5.61. The molecule has 2 N–H and O–H groups in total. The number of likely N-dealkylation sites (tertiary alicyclic amines) is 1. The summed E-state index contributed by atoms with van der Waals surface area (Å²) < 4.78 is 1.80. The normalized spacial score (nSPS) is 17.1. The van der Waals surface area contributed by atoms with Gasteiger partial charge in [-0.3, -0.25) is 10.1 Å². The van der Waals surface area contributed by atoms with E-state index in [2.05, 4.69) is 73.6 Å². The van der Waals surface area contributed by atoms with Gasteiger partial charge in [-0.1, -0.05) is 80.9 Å². The number of amides is 3. The van der Waals surface area contributed by atoms with Gasteiger partial charge in [-0.05, 0) is 86.3 Å². The van der Waals surface area contributed by atoms with Crippen molar-refractivity contribution in [3.05, 3.63) is 107 Å². The summed E-state index contributed by atoms with van der Waals surface area (Å²) in [4.78, 5) is 28.9. The Morgan fingerprint density at radius 1 is 0.867 bits per heavy atom. The van der Waals surface area contributed by atoms with Gasteiger partial charge in [-0.15, -0.1) is 0 Å². The third-order valence-corrected chi connectivity index (χ3v) is 9.39. The predicted octanol–water partition coefficient (Wildman–Crippen LogP) is 7.71. The monoisotopic (exact) mass is 603 g/mol. The quantitative estimate of drug-likeness (QED) is 0.237. The number of anilines is 2. The highest BCUT2D eigenvalue weighted by molar-refractivity contribution is 6.00. The lowest BCUT2D eigenvalue weighted by atomic mass is 9.82. The Balaban J connectivity index is 1.08. The molecule has 7 nitrogen and oxygen atoms in total. The molecule has 0 saturated carbocycles. The second-order valence-electron chi connectivity index (χ2n) is 13.8. The number of fused-ring (bicyclic) bond motifs is 1. The van der Waals surface area contributed by atoms with Crippen LogP contribution in [0.3, 0.4) is 0 Å². The third-order valence-electron chi connectivity index (χ3n) is 9.39. The van der Waals surface area contributed by atoms with Crippen LogP contribution in [0.15, 0.2) is 78.9 Å². The van der Waals surface area contributed by atoms with E-state index in [1.165, 1.54) is 16.7 Å². The molecule has 6 rings (SSSR count). The van der Waals surface area contributed by atoms with Gasteiger partial charge in [-0.25, -0.2) is 9.48 Å². The van der Waals surface area contributed by atoms with Crippen molar-refractivity contribution in [1.29, 1.82) is 0 Å². The fourth-order valence-corrected chi connectivity index (χ4v) is 6.64. The van der Waals surface area contributed by atoms with Crippen LogP contribution in [0.2, 0.25) is 0 Å². The molecule has 1 aromatic heterocycles. The Kier molecular flexibility index (Phi) is 8.79. The highest BCUT2D eigenvalue weighted by atomic mass is 16.2. The number of urea groups is 1. The van der Waals surface area contributed by atoms with E-state index in [4.69, 9.17) is 5.10 Å². The zero-order chi connectivity index (χ0) is 31.6. The van der Waals surface area contributed by atoms with Crippen LogP contribution >= 0.6 is 0 Å². The van der Waals surface area contributed by atoms with E-state index in [1.54, 1.807) is 4.68 Å². The highest BCUT2D eigenvalue weighted by Crippen LogP contribution is 2.31. The Morgan fingerprint density at radius 3 is 2.29 bits per heavy atom. The Labute approximate surface area is 267 Å². The van der Waals surface area contributed by atoms with Crippen LogP contribution in [0, 0.1) is 18.8 Å².